The predicted octanol–water partition coefficient (Wildman–Crippen LogP) is 2.24. The van der Waals surface area contributed by atoms with Crippen molar-refractivity contribution in [2.45, 2.75) is 25.8 Å². The summed E-state index contributed by atoms with van der Waals surface area (Å²) < 4.78 is 1.90. The molecule has 96 valence electrons. The Kier molecular flexibility index (Phi) is 4.33. The van der Waals surface area contributed by atoms with Crippen molar-refractivity contribution in [1.29, 1.82) is 0 Å². The smallest absolute Gasteiger partial charge is 0.138 e. The molecule has 0 aliphatic heterocycles. The van der Waals surface area contributed by atoms with Crippen LogP contribution in [0.25, 0.3) is 0 Å². The molecule has 0 saturated carbocycles. The number of benzene rings is 1. The lowest BCUT2D eigenvalue weighted by molar-refractivity contribution is 0.576. The lowest BCUT2D eigenvalue weighted by atomic mass is 9.95. The van der Waals surface area contributed by atoms with Gasteiger partial charge in [0.2, 0.25) is 0 Å². The molecule has 0 radical (unpaired) electrons. The molecule has 1 atom stereocenters. The molecule has 2 aromatic rings. The summed E-state index contributed by atoms with van der Waals surface area (Å²) in [6.07, 6.45) is 2.37. The van der Waals surface area contributed by atoms with Crippen LogP contribution in [-0.2, 0) is 13.0 Å². The predicted molar refractivity (Wildman–Crippen MR) is 72.6 cm³/mol. The molecule has 0 spiro atoms. The highest BCUT2D eigenvalue weighted by atomic mass is 35.5. The third kappa shape index (κ3) is 2.89. The summed E-state index contributed by atoms with van der Waals surface area (Å²) in [5.74, 6) is 1.19. The van der Waals surface area contributed by atoms with E-state index in [0.717, 1.165) is 29.4 Å². The number of halogens is 1. The summed E-state index contributed by atoms with van der Waals surface area (Å²) in [5.41, 5.74) is 7.01. The van der Waals surface area contributed by atoms with Gasteiger partial charge in [0.25, 0.3) is 0 Å². The quantitative estimate of drug-likeness (QED) is 0.901. The first-order valence-corrected chi connectivity index (χ1v) is 6.44. The van der Waals surface area contributed by atoms with Crippen LogP contribution in [0.15, 0.2) is 30.6 Å². The monoisotopic (exact) mass is 264 g/mol. The Hall–Kier alpha value is -1.39. The Morgan fingerprint density at radius 1 is 1.44 bits per heavy atom. The van der Waals surface area contributed by atoms with Crippen LogP contribution >= 0.6 is 11.6 Å². The zero-order valence-corrected chi connectivity index (χ0v) is 11.1. The van der Waals surface area contributed by atoms with Gasteiger partial charge in [-0.25, -0.2) is 4.98 Å². The second-order valence-corrected chi connectivity index (χ2v) is 4.62. The minimum atomic E-state index is 0.221. The van der Waals surface area contributed by atoms with E-state index in [1.54, 1.807) is 6.33 Å². The van der Waals surface area contributed by atoms with Gasteiger partial charge in [0.15, 0.2) is 0 Å². The van der Waals surface area contributed by atoms with Crippen LogP contribution in [0.2, 0.25) is 5.02 Å². The topological polar surface area (TPSA) is 56.7 Å². The number of hydrogen-bond donors (Lipinski definition) is 1. The second-order valence-electron chi connectivity index (χ2n) is 4.18. The molecule has 0 aliphatic carbocycles. The molecule has 1 aromatic heterocycles. The fraction of sp³-hybridized carbons (Fsp3) is 0.385. The normalized spacial score (nSPS) is 12.6. The number of hydrogen-bond acceptors (Lipinski definition) is 3. The average molecular weight is 265 g/mol. The van der Waals surface area contributed by atoms with Crippen LogP contribution in [0.4, 0.5) is 0 Å². The van der Waals surface area contributed by atoms with Crippen LogP contribution in [0, 0.1) is 0 Å². The highest BCUT2D eigenvalue weighted by Gasteiger charge is 2.14. The van der Waals surface area contributed by atoms with Crippen molar-refractivity contribution in [2.24, 2.45) is 5.73 Å². The number of aromatic nitrogens is 3. The molecule has 5 heteroatoms. The van der Waals surface area contributed by atoms with E-state index in [1.807, 2.05) is 22.9 Å². The van der Waals surface area contributed by atoms with Crippen molar-refractivity contribution < 1.29 is 0 Å². The first-order chi connectivity index (χ1) is 8.74. The Bertz CT molecular complexity index is 509. The molecule has 18 heavy (non-hydrogen) atoms. The molecule has 1 heterocycles. The molecule has 0 fully saturated rings. The molecule has 0 bridgehead atoms. The van der Waals surface area contributed by atoms with E-state index >= 15 is 0 Å². The Labute approximate surface area is 112 Å². The lowest BCUT2D eigenvalue weighted by Gasteiger charge is -2.15. The van der Waals surface area contributed by atoms with Gasteiger partial charge in [0.1, 0.15) is 12.2 Å². The Morgan fingerprint density at radius 3 is 2.94 bits per heavy atom. The van der Waals surface area contributed by atoms with Gasteiger partial charge in [-0.05, 0) is 31.2 Å². The van der Waals surface area contributed by atoms with Gasteiger partial charge in [-0.2, -0.15) is 5.10 Å². The molecule has 1 aromatic carbocycles. The maximum atomic E-state index is 6.01. The van der Waals surface area contributed by atoms with Crippen molar-refractivity contribution in [3.8, 4) is 0 Å². The molecular formula is C13H17ClN4. The average Bonchev–Trinajstić information content (AvgIpc) is 2.83. The van der Waals surface area contributed by atoms with Crippen molar-refractivity contribution in [3.05, 3.63) is 47.0 Å². The summed E-state index contributed by atoms with van der Waals surface area (Å²) in [4.78, 5) is 4.29. The van der Waals surface area contributed by atoms with E-state index in [-0.39, 0.29) is 5.92 Å². The van der Waals surface area contributed by atoms with Crippen LogP contribution in [0.1, 0.15) is 24.2 Å². The molecule has 4 nitrogen and oxygen atoms in total. The van der Waals surface area contributed by atoms with E-state index in [9.17, 15) is 0 Å². The molecule has 0 amide bonds. The Morgan fingerprint density at radius 2 is 2.28 bits per heavy atom. The first-order valence-electron chi connectivity index (χ1n) is 6.06. The third-order valence-corrected chi connectivity index (χ3v) is 3.26. The maximum Gasteiger partial charge on any atom is 0.138 e. The first kappa shape index (κ1) is 13.1. The molecule has 0 aliphatic rings. The van der Waals surface area contributed by atoms with Crippen LogP contribution in [0.3, 0.4) is 0 Å². The van der Waals surface area contributed by atoms with Crippen LogP contribution in [-0.4, -0.2) is 21.3 Å². The van der Waals surface area contributed by atoms with E-state index in [1.165, 1.54) is 0 Å². The fourth-order valence-corrected chi connectivity index (χ4v) is 2.23. The lowest BCUT2D eigenvalue weighted by Crippen LogP contribution is -2.17. The van der Waals surface area contributed by atoms with Crippen molar-refractivity contribution in [1.82, 2.24) is 14.8 Å². The van der Waals surface area contributed by atoms with Crippen molar-refractivity contribution in [2.75, 3.05) is 6.54 Å². The van der Waals surface area contributed by atoms with E-state index in [2.05, 4.69) is 23.1 Å². The zero-order valence-electron chi connectivity index (χ0n) is 10.4. The zero-order chi connectivity index (χ0) is 13.0. The molecule has 2 N–H and O–H groups in total. The van der Waals surface area contributed by atoms with Crippen LogP contribution in [0.5, 0.6) is 0 Å². The summed E-state index contributed by atoms with van der Waals surface area (Å²) in [7, 11) is 0. The summed E-state index contributed by atoms with van der Waals surface area (Å²) in [5, 5.41) is 4.91. The summed E-state index contributed by atoms with van der Waals surface area (Å²) >= 11 is 6.01. The van der Waals surface area contributed by atoms with Crippen molar-refractivity contribution in [3.63, 3.8) is 0 Å². The number of rotatable bonds is 5. The SMILES string of the molecule is CCn1ncnc1CC(CN)c1cccc(Cl)c1. The number of nitrogens with two attached hydrogens (primary N) is 1. The van der Waals surface area contributed by atoms with Crippen LogP contribution < -0.4 is 5.73 Å². The third-order valence-electron chi connectivity index (χ3n) is 3.03. The van der Waals surface area contributed by atoms with Gasteiger partial charge in [-0.15, -0.1) is 0 Å². The minimum absolute atomic E-state index is 0.221. The van der Waals surface area contributed by atoms with Gasteiger partial charge in [0, 0.05) is 23.9 Å². The Balaban J connectivity index is 2.20. The fourth-order valence-electron chi connectivity index (χ4n) is 2.03. The summed E-state index contributed by atoms with van der Waals surface area (Å²) in [6.45, 7) is 3.44. The maximum absolute atomic E-state index is 6.01. The second kappa shape index (κ2) is 5.98. The summed E-state index contributed by atoms with van der Waals surface area (Å²) in [6, 6.07) is 7.83. The van der Waals surface area contributed by atoms with Gasteiger partial charge >= 0.3 is 0 Å². The highest BCUT2D eigenvalue weighted by Crippen LogP contribution is 2.22. The molecule has 2 rings (SSSR count). The largest absolute Gasteiger partial charge is 0.330 e. The van der Waals surface area contributed by atoms with Gasteiger partial charge < -0.3 is 5.73 Å². The molecular weight excluding hydrogens is 248 g/mol. The van der Waals surface area contributed by atoms with Gasteiger partial charge in [-0.3, -0.25) is 4.68 Å². The van der Waals surface area contributed by atoms with Gasteiger partial charge in [0.05, 0.1) is 0 Å². The highest BCUT2D eigenvalue weighted by molar-refractivity contribution is 6.30. The van der Waals surface area contributed by atoms with Gasteiger partial charge in [-0.1, -0.05) is 23.7 Å². The van der Waals surface area contributed by atoms with E-state index in [4.69, 9.17) is 17.3 Å². The van der Waals surface area contributed by atoms with Crippen molar-refractivity contribution >= 4 is 11.6 Å². The molecule has 1 unspecified atom stereocenters. The standard InChI is InChI=1S/C13H17ClN4/c1-2-18-13(16-9-17-18)7-11(8-15)10-4-3-5-12(14)6-10/h3-6,9,11H,2,7-8,15H2,1H3. The number of aryl methyl sites for hydroxylation is 1. The minimum Gasteiger partial charge on any atom is -0.330 e. The molecule has 0 saturated heterocycles. The van der Waals surface area contributed by atoms with E-state index < -0.39 is 0 Å². The van der Waals surface area contributed by atoms with E-state index in [0.29, 0.717) is 6.54 Å². The number of nitrogens with zero attached hydrogens (tertiary/aromatic N) is 3.